The van der Waals surface area contributed by atoms with E-state index in [1.165, 1.54) is 0 Å². The van der Waals surface area contributed by atoms with Crippen LogP contribution in [0.1, 0.15) is 5.56 Å². The van der Waals surface area contributed by atoms with Crippen molar-refractivity contribution in [2.45, 2.75) is 18.7 Å². The molecule has 20 heavy (non-hydrogen) atoms. The van der Waals surface area contributed by atoms with Crippen molar-refractivity contribution in [3.05, 3.63) is 29.8 Å². The molecule has 1 heterocycles. The summed E-state index contributed by atoms with van der Waals surface area (Å²) >= 11 is 0. The monoisotopic (exact) mass is 299 g/mol. The number of aliphatic hydroxyl groups excluding tert-OH is 1. The second kappa shape index (κ2) is 6.53. The Bertz CT molecular complexity index is 530. The first kappa shape index (κ1) is 15.2. The molecule has 1 aliphatic heterocycles. The van der Waals surface area contributed by atoms with Crippen molar-refractivity contribution < 1.29 is 13.5 Å². The molecule has 2 atom stereocenters. The number of hydrogen-bond donors (Lipinski definition) is 4. The fraction of sp³-hybridized carbons (Fsp3) is 0.538. The molecule has 6 nitrogen and oxygen atoms in total. The number of anilines is 1. The molecule has 0 aliphatic carbocycles. The molecule has 0 amide bonds. The molecule has 1 fully saturated rings. The number of hydrogen-bond acceptors (Lipinski definition) is 6. The van der Waals surface area contributed by atoms with Gasteiger partial charge in [0, 0.05) is 31.4 Å². The van der Waals surface area contributed by atoms with Crippen molar-refractivity contribution in [3.8, 4) is 0 Å². The summed E-state index contributed by atoms with van der Waals surface area (Å²) in [5.41, 5.74) is 7.49. The average Bonchev–Trinajstić information content (AvgIpc) is 2.64. The minimum Gasteiger partial charge on any atom is -0.399 e. The SMILES string of the molecule is Nc1ccc(CNCCN[C@H]2CS(=O)(=O)C[C@H]2O)cc1. The van der Waals surface area contributed by atoms with Gasteiger partial charge in [-0.25, -0.2) is 8.42 Å². The van der Waals surface area contributed by atoms with Gasteiger partial charge in [0.1, 0.15) is 0 Å². The van der Waals surface area contributed by atoms with Crippen LogP contribution in [0.15, 0.2) is 24.3 Å². The zero-order chi connectivity index (χ0) is 14.6. The molecule has 0 unspecified atom stereocenters. The molecular formula is C13H21N3O3S. The van der Waals surface area contributed by atoms with Gasteiger partial charge in [-0.05, 0) is 17.7 Å². The van der Waals surface area contributed by atoms with Crippen molar-refractivity contribution in [1.82, 2.24) is 10.6 Å². The number of nitrogens with one attached hydrogen (secondary N) is 2. The molecule has 2 rings (SSSR count). The molecule has 0 radical (unpaired) electrons. The van der Waals surface area contributed by atoms with Gasteiger partial charge < -0.3 is 21.5 Å². The van der Waals surface area contributed by atoms with Gasteiger partial charge in [0.05, 0.1) is 17.6 Å². The van der Waals surface area contributed by atoms with Gasteiger partial charge in [0.15, 0.2) is 9.84 Å². The molecular weight excluding hydrogens is 278 g/mol. The Hall–Kier alpha value is -1.15. The van der Waals surface area contributed by atoms with E-state index >= 15 is 0 Å². The Balaban J connectivity index is 1.64. The fourth-order valence-electron chi connectivity index (χ4n) is 2.24. The molecule has 0 saturated carbocycles. The largest absolute Gasteiger partial charge is 0.399 e. The summed E-state index contributed by atoms with van der Waals surface area (Å²) in [7, 11) is -3.08. The Labute approximate surface area is 119 Å². The van der Waals surface area contributed by atoms with E-state index in [1.54, 1.807) is 0 Å². The summed E-state index contributed by atoms with van der Waals surface area (Å²) in [6.07, 6.45) is -0.794. The fourth-order valence-corrected chi connectivity index (χ4v) is 4.01. The van der Waals surface area contributed by atoms with Crippen LogP contribution < -0.4 is 16.4 Å². The second-order valence-corrected chi connectivity index (χ2v) is 7.28. The quantitative estimate of drug-likeness (QED) is 0.401. The van der Waals surface area contributed by atoms with Gasteiger partial charge >= 0.3 is 0 Å². The number of aliphatic hydroxyl groups is 1. The van der Waals surface area contributed by atoms with E-state index in [0.29, 0.717) is 13.1 Å². The van der Waals surface area contributed by atoms with Gasteiger partial charge in [-0.2, -0.15) is 0 Å². The van der Waals surface area contributed by atoms with Crippen LogP contribution in [0.25, 0.3) is 0 Å². The van der Waals surface area contributed by atoms with Crippen LogP contribution in [0.2, 0.25) is 0 Å². The van der Waals surface area contributed by atoms with Crippen LogP contribution in [0.3, 0.4) is 0 Å². The van der Waals surface area contributed by atoms with Crippen LogP contribution in [-0.4, -0.2) is 50.3 Å². The average molecular weight is 299 g/mol. The van der Waals surface area contributed by atoms with Gasteiger partial charge in [0.25, 0.3) is 0 Å². The maximum atomic E-state index is 11.3. The lowest BCUT2D eigenvalue weighted by molar-refractivity contribution is 0.166. The highest BCUT2D eigenvalue weighted by Crippen LogP contribution is 2.11. The first-order chi connectivity index (χ1) is 9.46. The lowest BCUT2D eigenvalue weighted by Gasteiger charge is -2.15. The standard InChI is InChI=1S/C13H21N3O3S/c14-11-3-1-10(2-4-11)7-15-5-6-16-12-8-20(18,19)9-13(12)17/h1-4,12-13,15-17H,5-9,14H2/t12-,13+/m0/s1. The molecule has 7 heteroatoms. The van der Waals surface area contributed by atoms with E-state index in [0.717, 1.165) is 17.8 Å². The zero-order valence-corrected chi connectivity index (χ0v) is 12.1. The summed E-state index contributed by atoms with van der Waals surface area (Å²) in [6.45, 7) is 2.05. The van der Waals surface area contributed by atoms with Crippen molar-refractivity contribution >= 4 is 15.5 Å². The first-order valence-corrected chi connectivity index (χ1v) is 8.45. The normalized spacial score (nSPS) is 24.9. The van der Waals surface area contributed by atoms with E-state index < -0.39 is 15.9 Å². The molecule has 1 aromatic carbocycles. The number of rotatable bonds is 6. The van der Waals surface area contributed by atoms with E-state index in [-0.39, 0.29) is 17.5 Å². The molecule has 1 aliphatic rings. The maximum absolute atomic E-state index is 11.3. The highest BCUT2D eigenvalue weighted by molar-refractivity contribution is 7.91. The zero-order valence-electron chi connectivity index (χ0n) is 11.2. The van der Waals surface area contributed by atoms with Gasteiger partial charge in [-0.15, -0.1) is 0 Å². The molecule has 0 bridgehead atoms. The number of nitrogens with two attached hydrogens (primary N) is 1. The third-order valence-electron chi connectivity index (χ3n) is 3.34. The number of nitrogen functional groups attached to an aromatic ring is 1. The second-order valence-electron chi connectivity index (χ2n) is 5.12. The van der Waals surface area contributed by atoms with E-state index in [9.17, 15) is 13.5 Å². The van der Waals surface area contributed by atoms with E-state index in [1.807, 2.05) is 24.3 Å². The van der Waals surface area contributed by atoms with Crippen LogP contribution >= 0.6 is 0 Å². The number of benzene rings is 1. The smallest absolute Gasteiger partial charge is 0.154 e. The Morgan fingerprint density at radius 3 is 2.50 bits per heavy atom. The first-order valence-electron chi connectivity index (χ1n) is 6.63. The minimum absolute atomic E-state index is 0.0200. The van der Waals surface area contributed by atoms with Crippen LogP contribution in [0, 0.1) is 0 Å². The highest BCUT2D eigenvalue weighted by Gasteiger charge is 2.35. The molecule has 1 aromatic rings. The van der Waals surface area contributed by atoms with Crippen molar-refractivity contribution in [2.24, 2.45) is 0 Å². The Morgan fingerprint density at radius 2 is 1.90 bits per heavy atom. The highest BCUT2D eigenvalue weighted by atomic mass is 32.2. The van der Waals surface area contributed by atoms with E-state index in [4.69, 9.17) is 5.73 Å². The lowest BCUT2D eigenvalue weighted by atomic mass is 10.2. The van der Waals surface area contributed by atoms with Crippen LogP contribution in [0.4, 0.5) is 5.69 Å². The lowest BCUT2D eigenvalue weighted by Crippen LogP contribution is -2.42. The van der Waals surface area contributed by atoms with Crippen molar-refractivity contribution in [2.75, 3.05) is 30.3 Å². The summed E-state index contributed by atoms with van der Waals surface area (Å²) < 4.78 is 22.7. The molecule has 112 valence electrons. The van der Waals surface area contributed by atoms with Crippen molar-refractivity contribution in [3.63, 3.8) is 0 Å². The Morgan fingerprint density at radius 1 is 1.20 bits per heavy atom. The van der Waals surface area contributed by atoms with Gasteiger partial charge in [0.2, 0.25) is 0 Å². The number of sulfone groups is 1. The third-order valence-corrected chi connectivity index (χ3v) is 5.06. The van der Waals surface area contributed by atoms with Crippen LogP contribution in [0.5, 0.6) is 0 Å². The minimum atomic E-state index is -3.08. The molecule has 0 spiro atoms. The van der Waals surface area contributed by atoms with Gasteiger partial charge in [-0.3, -0.25) is 0 Å². The third kappa shape index (κ3) is 4.45. The van der Waals surface area contributed by atoms with Gasteiger partial charge in [-0.1, -0.05) is 12.1 Å². The molecule has 0 aromatic heterocycles. The predicted molar refractivity (Wildman–Crippen MR) is 79.0 cm³/mol. The maximum Gasteiger partial charge on any atom is 0.154 e. The molecule has 1 saturated heterocycles. The summed E-state index contributed by atoms with van der Waals surface area (Å²) in [5.74, 6) is -0.115. The summed E-state index contributed by atoms with van der Waals surface area (Å²) in [5, 5.41) is 15.9. The van der Waals surface area contributed by atoms with Crippen LogP contribution in [-0.2, 0) is 16.4 Å². The topological polar surface area (TPSA) is 104 Å². The Kier molecular flexibility index (Phi) is 4.98. The summed E-state index contributed by atoms with van der Waals surface area (Å²) in [6, 6.07) is 7.29. The molecule has 5 N–H and O–H groups in total. The van der Waals surface area contributed by atoms with E-state index in [2.05, 4.69) is 10.6 Å². The van der Waals surface area contributed by atoms with Crippen molar-refractivity contribution in [1.29, 1.82) is 0 Å². The predicted octanol–water partition coefficient (Wildman–Crippen LogP) is -0.894. The summed E-state index contributed by atoms with van der Waals surface area (Å²) in [4.78, 5) is 0.